The van der Waals surface area contributed by atoms with Crippen LogP contribution in [0.15, 0.2) is 18.2 Å². The highest BCUT2D eigenvalue weighted by Gasteiger charge is 2.44. The Morgan fingerprint density at radius 3 is 2.79 bits per heavy atom. The second-order valence-corrected chi connectivity index (χ2v) is 6.91. The number of benzene rings is 1. The predicted octanol–water partition coefficient (Wildman–Crippen LogP) is 4.20. The van der Waals surface area contributed by atoms with Crippen LogP contribution < -0.4 is 10.1 Å². The van der Waals surface area contributed by atoms with Gasteiger partial charge in [-0.05, 0) is 53.9 Å². The molecule has 1 unspecified atom stereocenters. The van der Waals surface area contributed by atoms with Crippen molar-refractivity contribution in [2.75, 3.05) is 12.4 Å². The van der Waals surface area contributed by atoms with Crippen LogP contribution in [0.25, 0.3) is 0 Å². The second kappa shape index (κ2) is 4.43. The fourth-order valence-corrected chi connectivity index (χ4v) is 4.11. The highest BCUT2D eigenvalue weighted by atomic mass is 16.5. The van der Waals surface area contributed by atoms with Crippen molar-refractivity contribution in [3.05, 3.63) is 23.8 Å². The van der Waals surface area contributed by atoms with E-state index < -0.39 is 0 Å². The van der Waals surface area contributed by atoms with Crippen molar-refractivity contribution < 1.29 is 4.74 Å². The third-order valence-electron chi connectivity index (χ3n) is 5.30. The Morgan fingerprint density at radius 1 is 1.26 bits per heavy atom. The molecule has 2 nitrogen and oxygen atoms in total. The zero-order valence-corrected chi connectivity index (χ0v) is 12.5. The Kier molecular flexibility index (Phi) is 2.99. The van der Waals surface area contributed by atoms with Gasteiger partial charge in [0.25, 0.3) is 0 Å². The van der Waals surface area contributed by atoms with Crippen molar-refractivity contribution in [2.45, 2.75) is 51.5 Å². The lowest BCUT2D eigenvalue weighted by molar-refractivity contribution is 0.173. The number of hydrogen-bond donors (Lipinski definition) is 1. The number of rotatable bonds is 1. The molecular weight excluding hydrogens is 234 g/mol. The van der Waals surface area contributed by atoms with Crippen LogP contribution in [-0.2, 0) is 5.41 Å². The topological polar surface area (TPSA) is 21.3 Å². The summed E-state index contributed by atoms with van der Waals surface area (Å²) in [5.41, 5.74) is 2.96. The van der Waals surface area contributed by atoms with E-state index in [0.717, 1.165) is 17.6 Å². The molecule has 0 aromatic heterocycles. The van der Waals surface area contributed by atoms with Crippen LogP contribution in [0.3, 0.4) is 0 Å². The number of anilines is 1. The highest BCUT2D eigenvalue weighted by molar-refractivity contribution is 5.60. The minimum atomic E-state index is 0.236. The number of fused-ring (bicyclic) bond motifs is 2. The number of methoxy groups -OCH3 is 1. The molecule has 1 aliphatic heterocycles. The van der Waals surface area contributed by atoms with Crippen molar-refractivity contribution in [1.29, 1.82) is 0 Å². The maximum Gasteiger partial charge on any atom is 0.119 e. The average molecular weight is 259 g/mol. The van der Waals surface area contributed by atoms with Crippen LogP contribution in [0.4, 0.5) is 5.69 Å². The van der Waals surface area contributed by atoms with Gasteiger partial charge in [0.2, 0.25) is 0 Å². The molecule has 1 saturated carbocycles. The number of nitrogens with one attached hydrogen (secondary N) is 1. The lowest BCUT2D eigenvalue weighted by Crippen LogP contribution is -2.48. The van der Waals surface area contributed by atoms with Gasteiger partial charge in [-0.1, -0.05) is 27.2 Å². The van der Waals surface area contributed by atoms with E-state index in [4.69, 9.17) is 4.74 Å². The van der Waals surface area contributed by atoms with E-state index in [1.165, 1.54) is 30.5 Å². The molecular formula is C17H25NO. The summed E-state index contributed by atoms with van der Waals surface area (Å²) >= 11 is 0. The molecule has 1 N–H and O–H groups in total. The average Bonchev–Trinajstić information content (AvgIpc) is 2.38. The van der Waals surface area contributed by atoms with E-state index in [0.29, 0.717) is 6.04 Å². The van der Waals surface area contributed by atoms with E-state index in [9.17, 15) is 0 Å². The van der Waals surface area contributed by atoms with E-state index >= 15 is 0 Å². The van der Waals surface area contributed by atoms with Gasteiger partial charge in [0.1, 0.15) is 5.75 Å². The van der Waals surface area contributed by atoms with Gasteiger partial charge in [-0.2, -0.15) is 0 Å². The SMILES string of the molecule is COc1ccc2c(c1)C(C)(C)[C@@H]1CCC(C)C[C@H]1N2. The molecule has 1 aromatic carbocycles. The van der Waals surface area contributed by atoms with Gasteiger partial charge in [-0.25, -0.2) is 0 Å². The summed E-state index contributed by atoms with van der Waals surface area (Å²) in [5, 5.41) is 3.78. The molecule has 104 valence electrons. The molecule has 2 aliphatic rings. The Labute approximate surface area is 116 Å². The van der Waals surface area contributed by atoms with Crippen molar-refractivity contribution in [3.63, 3.8) is 0 Å². The summed E-state index contributed by atoms with van der Waals surface area (Å²) < 4.78 is 5.40. The van der Waals surface area contributed by atoms with Crippen LogP contribution >= 0.6 is 0 Å². The normalized spacial score (nSPS) is 31.9. The minimum Gasteiger partial charge on any atom is -0.497 e. The molecule has 2 heteroatoms. The van der Waals surface area contributed by atoms with Gasteiger partial charge < -0.3 is 10.1 Å². The zero-order valence-electron chi connectivity index (χ0n) is 12.5. The van der Waals surface area contributed by atoms with Crippen molar-refractivity contribution >= 4 is 5.69 Å². The quantitative estimate of drug-likeness (QED) is 0.816. The smallest absolute Gasteiger partial charge is 0.119 e. The Hall–Kier alpha value is -1.18. The summed E-state index contributed by atoms with van der Waals surface area (Å²) in [6, 6.07) is 7.11. The van der Waals surface area contributed by atoms with Crippen LogP contribution in [0.5, 0.6) is 5.75 Å². The Bertz CT molecular complexity index is 480. The van der Waals surface area contributed by atoms with Gasteiger partial charge >= 0.3 is 0 Å². The standard InChI is InChI=1S/C17H25NO/c1-11-5-7-13-16(9-11)18-15-8-6-12(19-4)10-14(15)17(13,2)3/h6,8,10-11,13,16,18H,5,7,9H2,1-4H3/t11?,13-,16-/m1/s1. The molecule has 0 amide bonds. The van der Waals surface area contributed by atoms with Crippen LogP contribution in [0, 0.1) is 11.8 Å². The molecule has 0 bridgehead atoms. The maximum absolute atomic E-state index is 5.40. The summed E-state index contributed by atoms with van der Waals surface area (Å²) in [4.78, 5) is 0. The van der Waals surface area contributed by atoms with Crippen molar-refractivity contribution in [1.82, 2.24) is 0 Å². The zero-order chi connectivity index (χ0) is 13.6. The molecule has 0 saturated heterocycles. The first kappa shape index (κ1) is 12.8. The second-order valence-electron chi connectivity index (χ2n) is 6.91. The number of hydrogen-bond acceptors (Lipinski definition) is 2. The van der Waals surface area contributed by atoms with Gasteiger partial charge in [0.15, 0.2) is 0 Å². The monoisotopic (exact) mass is 259 g/mol. The summed E-state index contributed by atoms with van der Waals surface area (Å²) in [6.45, 7) is 7.19. The van der Waals surface area contributed by atoms with Crippen LogP contribution in [-0.4, -0.2) is 13.2 Å². The molecule has 19 heavy (non-hydrogen) atoms. The molecule has 3 rings (SSSR count). The van der Waals surface area contributed by atoms with E-state index in [-0.39, 0.29) is 5.41 Å². The summed E-state index contributed by atoms with van der Waals surface area (Å²) in [5.74, 6) is 2.56. The van der Waals surface area contributed by atoms with Gasteiger partial charge in [0, 0.05) is 11.7 Å². The van der Waals surface area contributed by atoms with Gasteiger partial charge in [0.05, 0.1) is 7.11 Å². The molecule has 1 fully saturated rings. The largest absolute Gasteiger partial charge is 0.497 e. The molecule has 1 aliphatic carbocycles. The first-order valence-corrected chi connectivity index (χ1v) is 7.47. The number of ether oxygens (including phenoxy) is 1. The molecule has 0 radical (unpaired) electrons. The lowest BCUT2D eigenvalue weighted by atomic mass is 9.61. The van der Waals surface area contributed by atoms with E-state index in [1.54, 1.807) is 7.11 Å². The lowest BCUT2D eigenvalue weighted by Gasteiger charge is -2.49. The summed E-state index contributed by atoms with van der Waals surface area (Å²) in [7, 11) is 1.75. The molecule has 1 heterocycles. The third kappa shape index (κ3) is 2.01. The molecule has 1 aromatic rings. The summed E-state index contributed by atoms with van der Waals surface area (Å²) in [6.07, 6.45) is 4.01. The first-order valence-electron chi connectivity index (χ1n) is 7.47. The van der Waals surface area contributed by atoms with E-state index in [1.807, 2.05) is 0 Å². The third-order valence-corrected chi connectivity index (χ3v) is 5.30. The fraction of sp³-hybridized carbons (Fsp3) is 0.647. The first-order chi connectivity index (χ1) is 9.02. The molecule has 0 spiro atoms. The minimum absolute atomic E-state index is 0.236. The Balaban J connectivity index is 2.02. The maximum atomic E-state index is 5.40. The van der Waals surface area contributed by atoms with Gasteiger partial charge in [-0.15, -0.1) is 0 Å². The van der Waals surface area contributed by atoms with Crippen LogP contribution in [0.1, 0.15) is 45.6 Å². The van der Waals surface area contributed by atoms with Crippen LogP contribution in [0.2, 0.25) is 0 Å². The fourth-order valence-electron chi connectivity index (χ4n) is 4.11. The predicted molar refractivity (Wildman–Crippen MR) is 79.9 cm³/mol. The van der Waals surface area contributed by atoms with Crippen molar-refractivity contribution in [2.24, 2.45) is 11.8 Å². The Morgan fingerprint density at radius 2 is 2.05 bits per heavy atom. The molecule has 3 atom stereocenters. The highest BCUT2D eigenvalue weighted by Crippen LogP contribution is 2.49. The van der Waals surface area contributed by atoms with E-state index in [2.05, 4.69) is 44.3 Å². The van der Waals surface area contributed by atoms with Gasteiger partial charge in [-0.3, -0.25) is 0 Å². The van der Waals surface area contributed by atoms with Crippen molar-refractivity contribution in [3.8, 4) is 5.75 Å².